The maximum absolute atomic E-state index is 12.9. The summed E-state index contributed by atoms with van der Waals surface area (Å²) < 4.78 is 6.30. The molecule has 0 aliphatic heterocycles. The van der Waals surface area contributed by atoms with Crippen LogP contribution in [-0.4, -0.2) is 40.8 Å². The van der Waals surface area contributed by atoms with E-state index in [1.807, 2.05) is 6.92 Å². The Kier molecular flexibility index (Phi) is 6.23. The molecule has 1 aromatic carbocycles. The summed E-state index contributed by atoms with van der Waals surface area (Å²) in [4.78, 5) is 41.7. The molecule has 29 heavy (non-hydrogen) atoms. The van der Waals surface area contributed by atoms with Crippen molar-refractivity contribution in [2.45, 2.75) is 19.8 Å². The number of nitrogens with zero attached hydrogens (tertiary/aromatic N) is 2. The third-order valence-corrected chi connectivity index (χ3v) is 4.36. The third kappa shape index (κ3) is 4.26. The molecule has 0 spiro atoms. The molecule has 0 atom stereocenters. The van der Waals surface area contributed by atoms with E-state index in [1.165, 1.54) is 7.11 Å². The number of hydrogen-bond donors (Lipinski definition) is 2. The highest BCUT2D eigenvalue weighted by atomic mass is 16.5. The van der Waals surface area contributed by atoms with E-state index >= 15 is 0 Å². The lowest BCUT2D eigenvalue weighted by Gasteiger charge is -2.09. The highest BCUT2D eigenvalue weighted by molar-refractivity contribution is 6.08. The van der Waals surface area contributed by atoms with Crippen LogP contribution in [-0.2, 0) is 4.74 Å². The Labute approximate surface area is 167 Å². The Balaban J connectivity index is 1.93. The number of aromatic nitrogens is 2. The second kappa shape index (κ2) is 9.01. The van der Waals surface area contributed by atoms with Crippen molar-refractivity contribution in [1.82, 2.24) is 14.7 Å². The molecule has 0 bridgehead atoms. The standard InChI is InChI=1S/C21H22N4O4/c1-3-4-12-22-19(26)17-16-11-7-8-13-25(16)18(24-17)20(27)23-15-10-6-5-9-14(15)21(28)29-2/h5-11,13H,3-4,12H2,1-2H3,(H,22,26)(H,23,27). The zero-order chi connectivity index (χ0) is 20.8. The number of pyridine rings is 1. The summed E-state index contributed by atoms with van der Waals surface area (Å²) in [7, 11) is 1.27. The van der Waals surface area contributed by atoms with Crippen molar-refractivity contribution in [2.24, 2.45) is 0 Å². The number of carbonyl (C=O) groups is 3. The summed E-state index contributed by atoms with van der Waals surface area (Å²) in [6.07, 6.45) is 3.47. The molecular formula is C21H22N4O4. The van der Waals surface area contributed by atoms with Crippen LogP contribution in [0.15, 0.2) is 48.7 Å². The minimum Gasteiger partial charge on any atom is -0.465 e. The van der Waals surface area contributed by atoms with Crippen LogP contribution >= 0.6 is 0 Å². The van der Waals surface area contributed by atoms with Gasteiger partial charge in [-0.2, -0.15) is 0 Å². The van der Waals surface area contributed by atoms with Crippen LogP contribution in [0, 0.1) is 0 Å². The topological polar surface area (TPSA) is 102 Å². The van der Waals surface area contributed by atoms with Crippen molar-refractivity contribution in [3.8, 4) is 0 Å². The molecule has 0 aliphatic carbocycles. The molecule has 2 N–H and O–H groups in total. The van der Waals surface area contributed by atoms with Gasteiger partial charge >= 0.3 is 5.97 Å². The molecule has 8 heteroatoms. The first-order valence-electron chi connectivity index (χ1n) is 9.30. The Morgan fingerprint density at radius 3 is 2.59 bits per heavy atom. The third-order valence-electron chi connectivity index (χ3n) is 4.36. The van der Waals surface area contributed by atoms with Crippen LogP contribution < -0.4 is 10.6 Å². The van der Waals surface area contributed by atoms with Gasteiger partial charge in [-0.3, -0.25) is 14.0 Å². The SMILES string of the molecule is CCCCNC(=O)c1nc(C(=O)Nc2ccccc2C(=O)OC)n2ccccc12. The number of carbonyl (C=O) groups excluding carboxylic acids is 3. The highest BCUT2D eigenvalue weighted by Crippen LogP contribution is 2.19. The predicted molar refractivity (Wildman–Crippen MR) is 108 cm³/mol. The van der Waals surface area contributed by atoms with Gasteiger partial charge in [0.1, 0.15) is 0 Å². The quantitative estimate of drug-likeness (QED) is 0.474. The lowest BCUT2D eigenvalue weighted by Crippen LogP contribution is -2.25. The lowest BCUT2D eigenvalue weighted by molar-refractivity contribution is 0.0601. The van der Waals surface area contributed by atoms with Crippen LogP contribution in [0.3, 0.4) is 0 Å². The molecule has 0 saturated heterocycles. The van der Waals surface area contributed by atoms with Crippen molar-refractivity contribution in [2.75, 3.05) is 19.0 Å². The number of amides is 2. The van der Waals surface area contributed by atoms with Crippen LogP contribution in [0.1, 0.15) is 51.2 Å². The molecule has 2 aromatic heterocycles. The van der Waals surface area contributed by atoms with Gasteiger partial charge in [0.15, 0.2) is 5.69 Å². The van der Waals surface area contributed by atoms with Gasteiger partial charge in [0.05, 0.1) is 23.9 Å². The molecule has 0 aliphatic rings. The molecule has 0 unspecified atom stereocenters. The number of hydrogen-bond acceptors (Lipinski definition) is 5. The van der Waals surface area contributed by atoms with E-state index in [0.29, 0.717) is 17.7 Å². The van der Waals surface area contributed by atoms with Crippen molar-refractivity contribution < 1.29 is 19.1 Å². The first-order chi connectivity index (χ1) is 14.1. The summed E-state index contributed by atoms with van der Waals surface area (Å²) in [6.45, 7) is 2.57. The van der Waals surface area contributed by atoms with Crippen molar-refractivity contribution in [1.29, 1.82) is 0 Å². The zero-order valence-corrected chi connectivity index (χ0v) is 16.3. The van der Waals surface area contributed by atoms with Gasteiger partial charge in [-0.15, -0.1) is 0 Å². The van der Waals surface area contributed by atoms with Gasteiger partial charge in [-0.25, -0.2) is 9.78 Å². The van der Waals surface area contributed by atoms with Gasteiger partial charge in [-0.05, 0) is 30.7 Å². The fourth-order valence-corrected chi connectivity index (χ4v) is 2.89. The second-order valence-corrected chi connectivity index (χ2v) is 6.34. The number of rotatable bonds is 7. The molecule has 2 heterocycles. The maximum Gasteiger partial charge on any atom is 0.339 e. The molecule has 150 valence electrons. The van der Waals surface area contributed by atoms with Gasteiger partial charge in [0.2, 0.25) is 5.82 Å². The smallest absolute Gasteiger partial charge is 0.339 e. The van der Waals surface area contributed by atoms with Crippen LogP contribution in [0.2, 0.25) is 0 Å². The number of ether oxygens (including phenoxy) is 1. The van der Waals surface area contributed by atoms with E-state index in [9.17, 15) is 14.4 Å². The largest absolute Gasteiger partial charge is 0.465 e. The minimum atomic E-state index is -0.565. The zero-order valence-electron chi connectivity index (χ0n) is 16.3. The van der Waals surface area contributed by atoms with E-state index in [4.69, 9.17) is 4.74 Å². The minimum absolute atomic E-state index is 0.0425. The summed E-state index contributed by atoms with van der Waals surface area (Å²) in [5.74, 6) is -1.41. The predicted octanol–water partition coefficient (Wildman–Crippen LogP) is 2.90. The van der Waals surface area contributed by atoms with Crippen molar-refractivity contribution in [3.05, 3.63) is 65.7 Å². The number of anilines is 1. The normalized spacial score (nSPS) is 10.6. The van der Waals surface area contributed by atoms with Gasteiger partial charge in [0, 0.05) is 12.7 Å². The second-order valence-electron chi connectivity index (χ2n) is 6.34. The molecule has 2 amide bonds. The molecule has 0 saturated carbocycles. The monoisotopic (exact) mass is 394 g/mol. The van der Waals surface area contributed by atoms with Crippen molar-refractivity contribution in [3.63, 3.8) is 0 Å². The first-order valence-corrected chi connectivity index (χ1v) is 9.30. The van der Waals surface area contributed by atoms with Gasteiger partial charge in [-0.1, -0.05) is 31.5 Å². The molecule has 8 nitrogen and oxygen atoms in total. The first kappa shape index (κ1) is 20.1. The van der Waals surface area contributed by atoms with Gasteiger partial charge in [0.25, 0.3) is 11.8 Å². The van der Waals surface area contributed by atoms with Crippen LogP contribution in [0.5, 0.6) is 0 Å². The number of esters is 1. The van der Waals surface area contributed by atoms with Gasteiger partial charge < -0.3 is 15.4 Å². The fourth-order valence-electron chi connectivity index (χ4n) is 2.89. The Morgan fingerprint density at radius 2 is 1.83 bits per heavy atom. The number of methoxy groups -OCH3 is 1. The Hall–Kier alpha value is -3.68. The fraction of sp³-hybridized carbons (Fsp3) is 0.238. The Bertz CT molecular complexity index is 1060. The van der Waals surface area contributed by atoms with Crippen LogP contribution in [0.4, 0.5) is 5.69 Å². The summed E-state index contributed by atoms with van der Waals surface area (Å²) in [5, 5.41) is 5.50. The van der Waals surface area contributed by atoms with Crippen LogP contribution in [0.25, 0.3) is 5.52 Å². The maximum atomic E-state index is 12.9. The lowest BCUT2D eigenvalue weighted by atomic mass is 10.2. The highest BCUT2D eigenvalue weighted by Gasteiger charge is 2.22. The van der Waals surface area contributed by atoms with E-state index in [2.05, 4.69) is 15.6 Å². The molecular weight excluding hydrogens is 372 g/mol. The number of benzene rings is 1. The van der Waals surface area contributed by atoms with Crippen molar-refractivity contribution >= 4 is 29.0 Å². The molecule has 3 aromatic rings. The number of fused-ring (bicyclic) bond motifs is 1. The Morgan fingerprint density at radius 1 is 1.07 bits per heavy atom. The average Bonchev–Trinajstić information content (AvgIpc) is 3.13. The van der Waals surface area contributed by atoms with E-state index in [0.717, 1.165) is 12.8 Å². The molecule has 3 rings (SSSR count). The summed E-state index contributed by atoms with van der Waals surface area (Å²) in [6, 6.07) is 11.8. The number of nitrogens with one attached hydrogen (secondary N) is 2. The van der Waals surface area contributed by atoms with E-state index in [1.54, 1.807) is 53.1 Å². The molecule has 0 radical (unpaired) electrons. The average molecular weight is 394 g/mol. The van der Waals surface area contributed by atoms with E-state index in [-0.39, 0.29) is 23.0 Å². The number of unbranched alkanes of at least 4 members (excludes halogenated alkanes) is 1. The summed E-state index contributed by atoms with van der Waals surface area (Å²) >= 11 is 0. The molecule has 0 fully saturated rings. The number of para-hydroxylation sites is 1. The number of imidazole rings is 1. The van der Waals surface area contributed by atoms with E-state index < -0.39 is 11.9 Å². The summed E-state index contributed by atoms with van der Waals surface area (Å²) in [5.41, 5.74) is 1.22.